The smallest absolute Gasteiger partial charge is 0.222 e. The average molecular weight is 345 g/mol. The predicted molar refractivity (Wildman–Crippen MR) is 73.2 cm³/mol. The van der Waals surface area contributed by atoms with Crippen LogP contribution in [0.5, 0.6) is 0 Å². The number of imidazole rings is 1. The minimum Gasteiger partial charge on any atom is -0.222 e. The van der Waals surface area contributed by atoms with E-state index in [9.17, 15) is 26.3 Å². The van der Waals surface area contributed by atoms with Crippen LogP contribution in [0.25, 0.3) is 16.8 Å². The molecule has 3 nitrogen and oxygen atoms in total. The molecular weight excluding hydrogens is 336 g/mol. The third-order valence-corrected chi connectivity index (χ3v) is 3.34. The number of rotatable bonds is 1. The minimum absolute atomic E-state index is 0.111. The molecule has 0 aliphatic rings. The monoisotopic (exact) mass is 345 g/mol. The van der Waals surface area contributed by atoms with Crippen molar-refractivity contribution in [1.29, 1.82) is 0 Å². The number of nitrogens with zero attached hydrogens (tertiary/aromatic N) is 3. The first-order chi connectivity index (χ1) is 11.1. The number of halogens is 6. The third kappa shape index (κ3) is 2.93. The molecule has 2 aromatic heterocycles. The first-order valence-electron chi connectivity index (χ1n) is 6.67. The molecule has 0 saturated heterocycles. The summed E-state index contributed by atoms with van der Waals surface area (Å²) in [4.78, 5) is 3.49. The minimum atomic E-state index is -4.67. The molecular formula is C15H9F6N3. The lowest BCUT2D eigenvalue weighted by Crippen LogP contribution is -2.05. The number of aromatic nitrogens is 3. The molecule has 0 radical (unpaired) electrons. The SMILES string of the molecule is Cc1cc(-c2cccc(C(F)(F)F)c2)c2nc(C(F)(F)F)cn2n1. The van der Waals surface area contributed by atoms with Crippen molar-refractivity contribution in [1.82, 2.24) is 14.6 Å². The number of benzene rings is 1. The highest BCUT2D eigenvalue weighted by Crippen LogP contribution is 2.34. The van der Waals surface area contributed by atoms with Crippen LogP contribution in [0.4, 0.5) is 26.3 Å². The van der Waals surface area contributed by atoms with E-state index < -0.39 is 23.6 Å². The zero-order valence-corrected chi connectivity index (χ0v) is 12.1. The van der Waals surface area contributed by atoms with Crippen LogP contribution in [0.2, 0.25) is 0 Å². The molecule has 0 unspecified atom stereocenters. The van der Waals surface area contributed by atoms with E-state index in [2.05, 4.69) is 10.1 Å². The molecule has 0 saturated carbocycles. The van der Waals surface area contributed by atoms with Crippen LogP contribution in [0.15, 0.2) is 36.5 Å². The van der Waals surface area contributed by atoms with E-state index in [4.69, 9.17) is 0 Å². The summed E-state index contributed by atoms with van der Waals surface area (Å²) in [5.74, 6) is 0. The first-order valence-corrected chi connectivity index (χ1v) is 6.67. The summed E-state index contributed by atoms with van der Waals surface area (Å²) in [6.07, 6.45) is -8.52. The Bertz CT molecular complexity index is 908. The van der Waals surface area contributed by atoms with Gasteiger partial charge in [-0.2, -0.15) is 31.4 Å². The zero-order chi connectivity index (χ0) is 17.7. The second-order valence-corrected chi connectivity index (χ2v) is 5.17. The quantitative estimate of drug-likeness (QED) is 0.596. The Morgan fingerprint density at radius 3 is 2.29 bits per heavy atom. The molecule has 3 aromatic rings. The van der Waals surface area contributed by atoms with Gasteiger partial charge >= 0.3 is 12.4 Å². The Hall–Kier alpha value is -2.58. The largest absolute Gasteiger partial charge is 0.434 e. The molecule has 0 aliphatic carbocycles. The topological polar surface area (TPSA) is 30.2 Å². The van der Waals surface area contributed by atoms with Crippen molar-refractivity contribution in [2.75, 3.05) is 0 Å². The van der Waals surface area contributed by atoms with E-state index in [-0.39, 0.29) is 16.8 Å². The van der Waals surface area contributed by atoms with Crippen LogP contribution < -0.4 is 0 Å². The van der Waals surface area contributed by atoms with Crippen molar-refractivity contribution in [3.8, 4) is 11.1 Å². The average Bonchev–Trinajstić information content (AvgIpc) is 2.89. The van der Waals surface area contributed by atoms with Gasteiger partial charge < -0.3 is 0 Å². The van der Waals surface area contributed by atoms with Crippen molar-refractivity contribution in [2.24, 2.45) is 0 Å². The lowest BCUT2D eigenvalue weighted by atomic mass is 10.0. The van der Waals surface area contributed by atoms with Gasteiger partial charge in [-0.3, -0.25) is 0 Å². The molecule has 2 heterocycles. The molecule has 9 heteroatoms. The Balaban J connectivity index is 2.24. The highest BCUT2D eigenvalue weighted by Gasteiger charge is 2.35. The lowest BCUT2D eigenvalue weighted by Gasteiger charge is -2.10. The summed E-state index contributed by atoms with van der Waals surface area (Å²) in [5, 5.41) is 3.90. The zero-order valence-electron chi connectivity index (χ0n) is 12.1. The van der Waals surface area contributed by atoms with Gasteiger partial charge in [0.05, 0.1) is 17.5 Å². The number of aryl methyl sites for hydroxylation is 1. The molecule has 24 heavy (non-hydrogen) atoms. The third-order valence-electron chi connectivity index (χ3n) is 3.34. The van der Waals surface area contributed by atoms with Gasteiger partial charge in [-0.25, -0.2) is 9.50 Å². The molecule has 0 aliphatic heterocycles. The van der Waals surface area contributed by atoms with Gasteiger partial charge in [-0.05, 0) is 30.7 Å². The molecule has 1 aromatic carbocycles. The highest BCUT2D eigenvalue weighted by molar-refractivity contribution is 5.78. The van der Waals surface area contributed by atoms with Gasteiger partial charge in [0.1, 0.15) is 0 Å². The second kappa shape index (κ2) is 5.22. The predicted octanol–water partition coefficient (Wildman–Crippen LogP) is 4.74. The second-order valence-electron chi connectivity index (χ2n) is 5.17. The van der Waals surface area contributed by atoms with Crippen molar-refractivity contribution in [2.45, 2.75) is 19.3 Å². The maximum atomic E-state index is 12.9. The van der Waals surface area contributed by atoms with Crippen LogP contribution in [0.3, 0.4) is 0 Å². The molecule has 0 N–H and O–H groups in total. The highest BCUT2D eigenvalue weighted by atomic mass is 19.4. The molecule has 0 spiro atoms. The maximum Gasteiger partial charge on any atom is 0.434 e. The van der Waals surface area contributed by atoms with E-state index in [0.29, 0.717) is 11.9 Å². The number of hydrogen-bond acceptors (Lipinski definition) is 2. The van der Waals surface area contributed by atoms with Crippen LogP contribution >= 0.6 is 0 Å². The fraction of sp³-hybridized carbons (Fsp3) is 0.200. The van der Waals surface area contributed by atoms with Gasteiger partial charge in [-0.15, -0.1) is 0 Å². The normalized spacial score (nSPS) is 12.8. The van der Waals surface area contributed by atoms with Crippen LogP contribution in [0, 0.1) is 6.92 Å². The van der Waals surface area contributed by atoms with Gasteiger partial charge in [0.25, 0.3) is 0 Å². The lowest BCUT2D eigenvalue weighted by molar-refractivity contribution is -0.141. The molecule has 0 fully saturated rings. The Morgan fingerprint density at radius 1 is 0.958 bits per heavy atom. The van der Waals surface area contributed by atoms with Crippen molar-refractivity contribution < 1.29 is 26.3 Å². The Labute approximate surface area is 131 Å². The van der Waals surface area contributed by atoms with E-state index in [0.717, 1.165) is 16.6 Å². The number of fused-ring (bicyclic) bond motifs is 1. The van der Waals surface area contributed by atoms with E-state index >= 15 is 0 Å². The Morgan fingerprint density at radius 2 is 1.67 bits per heavy atom. The van der Waals surface area contributed by atoms with Gasteiger partial charge in [0.15, 0.2) is 11.3 Å². The van der Waals surface area contributed by atoms with Gasteiger partial charge in [0, 0.05) is 5.56 Å². The fourth-order valence-electron chi connectivity index (χ4n) is 2.32. The van der Waals surface area contributed by atoms with Crippen molar-refractivity contribution >= 4 is 5.65 Å². The fourth-order valence-corrected chi connectivity index (χ4v) is 2.32. The summed E-state index contributed by atoms with van der Waals surface area (Å²) >= 11 is 0. The summed E-state index contributed by atoms with van der Waals surface area (Å²) in [6, 6.07) is 5.74. The number of hydrogen-bond donors (Lipinski definition) is 0. The van der Waals surface area contributed by atoms with E-state index in [1.54, 1.807) is 0 Å². The molecule has 126 valence electrons. The molecule has 3 rings (SSSR count). The number of alkyl halides is 6. The van der Waals surface area contributed by atoms with Gasteiger partial charge in [0.2, 0.25) is 0 Å². The molecule has 0 bridgehead atoms. The van der Waals surface area contributed by atoms with Gasteiger partial charge in [-0.1, -0.05) is 12.1 Å². The summed E-state index contributed by atoms with van der Waals surface area (Å²) < 4.78 is 78.0. The Kier molecular flexibility index (Phi) is 3.54. The summed E-state index contributed by atoms with van der Waals surface area (Å²) in [5.41, 5.74) is -1.61. The van der Waals surface area contributed by atoms with Crippen LogP contribution in [0.1, 0.15) is 17.0 Å². The standard InChI is InChI=1S/C15H9F6N3/c1-8-5-11(9-3-2-4-10(6-9)14(16,17)18)13-22-12(15(19,20)21)7-24(13)23-8/h2-7H,1H3. The first kappa shape index (κ1) is 16.3. The molecule has 0 atom stereocenters. The van der Waals surface area contributed by atoms with E-state index in [1.807, 2.05) is 0 Å². The van der Waals surface area contributed by atoms with Crippen LogP contribution in [-0.4, -0.2) is 14.6 Å². The van der Waals surface area contributed by atoms with Crippen molar-refractivity contribution in [3.63, 3.8) is 0 Å². The van der Waals surface area contributed by atoms with Crippen LogP contribution in [-0.2, 0) is 12.4 Å². The van der Waals surface area contributed by atoms with Crippen molar-refractivity contribution in [3.05, 3.63) is 53.5 Å². The summed E-state index contributed by atoms with van der Waals surface area (Å²) in [6.45, 7) is 1.53. The molecule has 0 amide bonds. The summed E-state index contributed by atoms with van der Waals surface area (Å²) in [7, 11) is 0. The maximum absolute atomic E-state index is 12.9. The van der Waals surface area contributed by atoms with E-state index in [1.165, 1.54) is 25.1 Å².